The fourth-order valence-corrected chi connectivity index (χ4v) is 3.78. The zero-order chi connectivity index (χ0) is 19.4. The molecule has 1 aliphatic rings. The van der Waals surface area contributed by atoms with Gasteiger partial charge in [0, 0.05) is 24.7 Å². The second-order valence-electron chi connectivity index (χ2n) is 6.36. The van der Waals surface area contributed by atoms with Crippen LogP contribution >= 0.6 is 0 Å². The van der Waals surface area contributed by atoms with Gasteiger partial charge >= 0.3 is 0 Å². The summed E-state index contributed by atoms with van der Waals surface area (Å²) in [5.41, 5.74) is 2.56. The Labute approximate surface area is 158 Å². The number of aryl methyl sites for hydroxylation is 2. The summed E-state index contributed by atoms with van der Waals surface area (Å²) in [5.74, 6) is 1.04. The third-order valence-corrected chi connectivity index (χ3v) is 5.78. The molecule has 27 heavy (non-hydrogen) atoms. The van der Waals surface area contributed by atoms with Crippen LogP contribution in [0, 0.1) is 13.8 Å². The Hall–Kier alpha value is -2.58. The number of hydrogen-bond acceptors (Lipinski definition) is 5. The molecule has 3 rings (SSSR count). The van der Waals surface area contributed by atoms with Gasteiger partial charge < -0.3 is 14.8 Å². The van der Waals surface area contributed by atoms with Gasteiger partial charge in [-0.2, -0.15) is 0 Å². The lowest BCUT2D eigenvalue weighted by molar-refractivity contribution is -0.116. The minimum atomic E-state index is -3.58. The van der Waals surface area contributed by atoms with E-state index in [0.29, 0.717) is 23.6 Å². The van der Waals surface area contributed by atoms with E-state index in [2.05, 4.69) is 10.0 Å². The average Bonchev–Trinajstić information content (AvgIpc) is 3.09. The second kappa shape index (κ2) is 7.98. The molecule has 2 N–H and O–H groups in total. The SMILES string of the molecule is Cc1ccc(S(=O)(=O)NCCCC(=O)Nc2ccc3c(c2)OCO3)cc1C. The van der Waals surface area contributed by atoms with E-state index in [9.17, 15) is 13.2 Å². The van der Waals surface area contributed by atoms with E-state index < -0.39 is 10.0 Å². The predicted molar refractivity (Wildman–Crippen MR) is 102 cm³/mol. The lowest BCUT2D eigenvalue weighted by atomic mass is 10.1. The third-order valence-electron chi connectivity index (χ3n) is 4.32. The van der Waals surface area contributed by atoms with Gasteiger partial charge in [-0.15, -0.1) is 0 Å². The first-order chi connectivity index (χ1) is 12.8. The zero-order valence-corrected chi connectivity index (χ0v) is 16.1. The van der Waals surface area contributed by atoms with Crippen molar-refractivity contribution in [3.63, 3.8) is 0 Å². The first-order valence-electron chi connectivity index (χ1n) is 8.61. The van der Waals surface area contributed by atoms with E-state index >= 15 is 0 Å². The van der Waals surface area contributed by atoms with Crippen molar-refractivity contribution in [1.29, 1.82) is 0 Å². The van der Waals surface area contributed by atoms with E-state index in [4.69, 9.17) is 9.47 Å². The number of nitrogens with one attached hydrogen (secondary N) is 2. The first kappa shape index (κ1) is 19.2. The van der Waals surface area contributed by atoms with E-state index in [-0.39, 0.29) is 30.6 Å². The van der Waals surface area contributed by atoms with Crippen LogP contribution in [0.1, 0.15) is 24.0 Å². The maximum Gasteiger partial charge on any atom is 0.240 e. The highest BCUT2D eigenvalue weighted by Crippen LogP contribution is 2.34. The molecule has 1 amide bonds. The smallest absolute Gasteiger partial charge is 0.240 e. The van der Waals surface area contributed by atoms with Gasteiger partial charge in [0.15, 0.2) is 11.5 Å². The van der Waals surface area contributed by atoms with Gasteiger partial charge in [-0.3, -0.25) is 4.79 Å². The Balaban J connectivity index is 1.46. The summed E-state index contributed by atoms with van der Waals surface area (Å²) in [6.45, 7) is 4.16. The molecule has 1 aliphatic heterocycles. The van der Waals surface area contributed by atoms with Crippen molar-refractivity contribution in [2.45, 2.75) is 31.6 Å². The van der Waals surface area contributed by atoms with Gasteiger partial charge in [-0.1, -0.05) is 6.07 Å². The van der Waals surface area contributed by atoms with Gasteiger partial charge in [0.1, 0.15) is 0 Å². The minimum absolute atomic E-state index is 0.174. The van der Waals surface area contributed by atoms with Gasteiger partial charge in [-0.05, 0) is 55.7 Å². The van der Waals surface area contributed by atoms with Crippen molar-refractivity contribution >= 4 is 21.6 Å². The maximum absolute atomic E-state index is 12.3. The number of ether oxygens (including phenoxy) is 2. The summed E-state index contributed by atoms with van der Waals surface area (Å²) in [5, 5.41) is 2.76. The number of benzene rings is 2. The van der Waals surface area contributed by atoms with Crippen LogP contribution in [0.3, 0.4) is 0 Å². The molecule has 0 saturated carbocycles. The average molecular weight is 390 g/mol. The number of carbonyl (C=O) groups excluding carboxylic acids is 1. The highest BCUT2D eigenvalue weighted by Gasteiger charge is 2.15. The highest BCUT2D eigenvalue weighted by molar-refractivity contribution is 7.89. The normalized spacial score (nSPS) is 12.8. The summed E-state index contributed by atoms with van der Waals surface area (Å²) >= 11 is 0. The van der Waals surface area contributed by atoms with E-state index in [1.807, 2.05) is 13.8 Å². The molecule has 0 spiro atoms. The van der Waals surface area contributed by atoms with Gasteiger partial charge in [0.25, 0.3) is 0 Å². The van der Waals surface area contributed by atoms with Gasteiger partial charge in [-0.25, -0.2) is 13.1 Å². The number of carbonyl (C=O) groups is 1. The molecular formula is C19H22N2O5S. The number of rotatable bonds is 7. The number of sulfonamides is 1. The van der Waals surface area contributed by atoms with Gasteiger partial charge in [0.05, 0.1) is 4.90 Å². The van der Waals surface area contributed by atoms with Gasteiger partial charge in [0.2, 0.25) is 22.7 Å². The minimum Gasteiger partial charge on any atom is -0.454 e. The van der Waals surface area contributed by atoms with E-state index in [1.165, 1.54) is 0 Å². The van der Waals surface area contributed by atoms with E-state index in [0.717, 1.165) is 11.1 Å². The molecule has 0 atom stereocenters. The fraction of sp³-hybridized carbons (Fsp3) is 0.316. The van der Waals surface area contributed by atoms with Crippen LogP contribution in [0.2, 0.25) is 0 Å². The molecule has 2 aromatic rings. The molecular weight excluding hydrogens is 368 g/mol. The summed E-state index contributed by atoms with van der Waals surface area (Å²) < 4.78 is 37.6. The Morgan fingerprint density at radius 1 is 1.04 bits per heavy atom. The molecule has 144 valence electrons. The van der Waals surface area contributed by atoms with Crippen LogP contribution in [0.4, 0.5) is 5.69 Å². The fourth-order valence-electron chi connectivity index (χ4n) is 2.62. The monoisotopic (exact) mass is 390 g/mol. The van der Waals surface area contributed by atoms with Crippen molar-refractivity contribution in [2.75, 3.05) is 18.7 Å². The molecule has 1 heterocycles. The Bertz CT molecular complexity index is 957. The van der Waals surface area contributed by atoms with E-state index in [1.54, 1.807) is 36.4 Å². The Morgan fingerprint density at radius 2 is 1.81 bits per heavy atom. The summed E-state index contributed by atoms with van der Waals surface area (Å²) in [7, 11) is -3.58. The van der Waals surface area contributed by atoms with Crippen molar-refractivity contribution in [3.8, 4) is 11.5 Å². The lowest BCUT2D eigenvalue weighted by Crippen LogP contribution is -2.26. The molecule has 0 unspecified atom stereocenters. The third kappa shape index (κ3) is 4.78. The molecule has 0 aliphatic carbocycles. The standard InChI is InChI=1S/C19H22N2O5S/c1-13-5-7-16(10-14(13)2)27(23,24)20-9-3-4-19(22)21-15-6-8-17-18(11-15)26-12-25-17/h5-8,10-11,20H,3-4,9,12H2,1-2H3,(H,21,22). The molecule has 8 heteroatoms. The zero-order valence-electron chi connectivity index (χ0n) is 15.2. The van der Waals surface area contributed by atoms with Crippen molar-refractivity contribution in [1.82, 2.24) is 4.72 Å². The van der Waals surface area contributed by atoms with Crippen LogP contribution in [-0.2, 0) is 14.8 Å². The van der Waals surface area contributed by atoms with Crippen molar-refractivity contribution in [2.24, 2.45) is 0 Å². The number of anilines is 1. The second-order valence-corrected chi connectivity index (χ2v) is 8.13. The van der Waals surface area contributed by atoms with Crippen LogP contribution in [0.15, 0.2) is 41.3 Å². The maximum atomic E-state index is 12.3. The summed E-state index contributed by atoms with van der Waals surface area (Å²) in [6.07, 6.45) is 0.588. The highest BCUT2D eigenvalue weighted by atomic mass is 32.2. The molecule has 0 bridgehead atoms. The summed E-state index contributed by atoms with van der Waals surface area (Å²) in [4.78, 5) is 12.3. The van der Waals surface area contributed by atoms with Crippen LogP contribution < -0.4 is 19.5 Å². The van der Waals surface area contributed by atoms with Crippen molar-refractivity contribution in [3.05, 3.63) is 47.5 Å². The first-order valence-corrected chi connectivity index (χ1v) is 10.1. The molecule has 2 aromatic carbocycles. The predicted octanol–water partition coefficient (Wildman–Crippen LogP) is 2.73. The number of hydrogen-bond donors (Lipinski definition) is 2. The van der Waals surface area contributed by atoms with Crippen molar-refractivity contribution < 1.29 is 22.7 Å². The largest absolute Gasteiger partial charge is 0.454 e. The quantitative estimate of drug-likeness (QED) is 0.709. The van der Waals surface area contributed by atoms with Crippen LogP contribution in [0.25, 0.3) is 0 Å². The Kier molecular flexibility index (Phi) is 5.67. The molecule has 0 fully saturated rings. The summed E-state index contributed by atoms with van der Waals surface area (Å²) in [6, 6.07) is 10.2. The Morgan fingerprint density at radius 3 is 2.59 bits per heavy atom. The topological polar surface area (TPSA) is 93.7 Å². The molecule has 0 aromatic heterocycles. The molecule has 7 nitrogen and oxygen atoms in total. The van der Waals surface area contributed by atoms with Crippen LogP contribution in [0.5, 0.6) is 11.5 Å². The van der Waals surface area contributed by atoms with Crippen LogP contribution in [-0.4, -0.2) is 27.7 Å². The molecule has 0 saturated heterocycles. The number of fused-ring (bicyclic) bond motifs is 1. The lowest BCUT2D eigenvalue weighted by Gasteiger charge is -2.09. The number of amides is 1. The molecule has 0 radical (unpaired) electrons.